The lowest BCUT2D eigenvalue weighted by Gasteiger charge is -2.19. The number of halogens is 4. The molecule has 1 aromatic carbocycles. The van der Waals surface area contributed by atoms with E-state index in [4.69, 9.17) is 16.3 Å². The fourth-order valence-corrected chi connectivity index (χ4v) is 2.01. The lowest BCUT2D eigenvalue weighted by atomic mass is 10.3. The molecule has 124 valence electrons. The summed E-state index contributed by atoms with van der Waals surface area (Å²) in [7, 11) is 1.64. The number of aromatic nitrogens is 2. The van der Waals surface area contributed by atoms with Crippen molar-refractivity contribution >= 4 is 23.2 Å². The van der Waals surface area contributed by atoms with Crippen LogP contribution in [0, 0.1) is 0 Å². The van der Waals surface area contributed by atoms with Crippen molar-refractivity contribution in [2.24, 2.45) is 0 Å². The maximum Gasteiger partial charge on any atom is 0.423 e. The van der Waals surface area contributed by atoms with Crippen LogP contribution in [-0.2, 0) is 6.18 Å². The number of anilines is 2. The Balaban J connectivity index is 2.39. The van der Waals surface area contributed by atoms with Crippen LogP contribution in [0.25, 0.3) is 0 Å². The Bertz CT molecular complexity index is 679. The van der Waals surface area contributed by atoms with E-state index in [1.54, 1.807) is 38.2 Å². The molecular weight excluding hydrogens is 331 g/mol. The maximum atomic E-state index is 13.0. The molecule has 0 atom stereocenters. The Morgan fingerprint density at radius 2 is 2.04 bits per heavy atom. The van der Waals surface area contributed by atoms with Crippen LogP contribution in [0.3, 0.4) is 0 Å². The third-order valence-corrected chi connectivity index (χ3v) is 3.22. The molecule has 0 aliphatic carbocycles. The van der Waals surface area contributed by atoms with Crippen LogP contribution in [0.5, 0.6) is 5.88 Å². The molecule has 4 nitrogen and oxygen atoms in total. The lowest BCUT2D eigenvalue weighted by Crippen LogP contribution is -2.17. The van der Waals surface area contributed by atoms with Gasteiger partial charge in [-0.05, 0) is 24.6 Å². The number of benzene rings is 1. The maximum absolute atomic E-state index is 13.0. The molecule has 2 rings (SSSR count). The molecule has 0 unspecified atom stereocenters. The highest BCUT2D eigenvalue weighted by atomic mass is 35.5. The summed E-state index contributed by atoms with van der Waals surface area (Å²) in [5, 5.41) is 0.503. The third-order valence-electron chi connectivity index (χ3n) is 2.98. The average Bonchev–Trinajstić information content (AvgIpc) is 2.51. The molecule has 0 spiro atoms. The zero-order valence-corrected chi connectivity index (χ0v) is 13.3. The third kappa shape index (κ3) is 4.25. The summed E-state index contributed by atoms with van der Waals surface area (Å²) < 4.78 is 44.1. The van der Waals surface area contributed by atoms with Crippen LogP contribution in [0.2, 0.25) is 5.02 Å². The van der Waals surface area contributed by atoms with E-state index in [1.807, 2.05) is 0 Å². The molecular formula is C15H15ClF3N3O. The fourth-order valence-electron chi connectivity index (χ4n) is 1.82. The van der Waals surface area contributed by atoms with Gasteiger partial charge in [0, 0.05) is 24.0 Å². The molecule has 1 aromatic heterocycles. The molecule has 0 aliphatic rings. The highest BCUT2D eigenvalue weighted by Crippen LogP contribution is 2.36. The first-order chi connectivity index (χ1) is 10.8. The van der Waals surface area contributed by atoms with E-state index >= 15 is 0 Å². The molecule has 0 N–H and O–H groups in total. The summed E-state index contributed by atoms with van der Waals surface area (Å²) in [5.74, 6) is -0.385. The first kappa shape index (κ1) is 17.3. The smallest absolute Gasteiger partial charge is 0.423 e. The molecule has 0 bridgehead atoms. The van der Waals surface area contributed by atoms with E-state index in [0.717, 1.165) is 6.20 Å². The number of ether oxygens (including phenoxy) is 1. The fraction of sp³-hybridized carbons (Fsp3) is 0.333. The highest BCUT2D eigenvalue weighted by molar-refractivity contribution is 6.30. The van der Waals surface area contributed by atoms with Crippen molar-refractivity contribution in [3.8, 4) is 5.88 Å². The van der Waals surface area contributed by atoms with Gasteiger partial charge in [-0.3, -0.25) is 0 Å². The Labute approximate surface area is 136 Å². The standard InChI is InChI=1S/C15H15ClF3N3O/c1-3-7-23-13-12(15(17,18)19)9-20-14(21-13)22(2)11-6-4-5-10(16)8-11/h4-6,8-9H,3,7H2,1-2H3. The SMILES string of the molecule is CCCOc1nc(N(C)c2cccc(Cl)c2)ncc1C(F)(F)F. The van der Waals surface area contributed by atoms with Gasteiger partial charge in [0.15, 0.2) is 0 Å². The first-order valence-corrected chi connectivity index (χ1v) is 7.27. The molecule has 0 saturated heterocycles. The minimum absolute atomic E-state index is 0.0892. The normalized spacial score (nSPS) is 11.4. The predicted octanol–water partition coefficient (Wildman–Crippen LogP) is 4.71. The minimum atomic E-state index is -4.57. The molecule has 0 saturated carbocycles. The number of hydrogen-bond acceptors (Lipinski definition) is 4. The number of rotatable bonds is 5. The van der Waals surface area contributed by atoms with Gasteiger partial charge in [0.2, 0.25) is 11.8 Å². The lowest BCUT2D eigenvalue weighted by molar-refractivity contribution is -0.139. The van der Waals surface area contributed by atoms with Gasteiger partial charge in [-0.2, -0.15) is 18.2 Å². The zero-order chi connectivity index (χ0) is 17.0. The quantitative estimate of drug-likeness (QED) is 0.787. The van der Waals surface area contributed by atoms with Crippen molar-refractivity contribution in [3.63, 3.8) is 0 Å². The van der Waals surface area contributed by atoms with Crippen LogP contribution in [0.15, 0.2) is 30.5 Å². The molecule has 0 amide bonds. The van der Waals surface area contributed by atoms with Crippen molar-refractivity contribution in [1.82, 2.24) is 9.97 Å². The van der Waals surface area contributed by atoms with Crippen LogP contribution >= 0.6 is 11.6 Å². The Kier molecular flexibility index (Phi) is 5.30. The average molecular weight is 346 g/mol. The minimum Gasteiger partial charge on any atom is -0.477 e. The Morgan fingerprint density at radius 3 is 2.65 bits per heavy atom. The summed E-state index contributed by atoms with van der Waals surface area (Å²) in [6, 6.07) is 6.84. The number of hydrogen-bond donors (Lipinski definition) is 0. The van der Waals surface area contributed by atoms with Crippen molar-refractivity contribution in [3.05, 3.63) is 41.0 Å². The second-order valence-corrected chi connectivity index (χ2v) is 5.21. The highest BCUT2D eigenvalue weighted by Gasteiger charge is 2.36. The number of alkyl halides is 3. The van der Waals surface area contributed by atoms with Crippen molar-refractivity contribution in [1.29, 1.82) is 0 Å². The predicted molar refractivity (Wildman–Crippen MR) is 82.3 cm³/mol. The molecule has 1 heterocycles. The second kappa shape index (κ2) is 7.04. The van der Waals surface area contributed by atoms with Crippen molar-refractivity contribution < 1.29 is 17.9 Å². The number of nitrogens with zero attached hydrogens (tertiary/aromatic N) is 3. The van der Waals surface area contributed by atoms with E-state index in [9.17, 15) is 13.2 Å². The van der Waals surface area contributed by atoms with Crippen LogP contribution < -0.4 is 9.64 Å². The van der Waals surface area contributed by atoms with Crippen LogP contribution in [0.1, 0.15) is 18.9 Å². The Morgan fingerprint density at radius 1 is 1.30 bits per heavy atom. The van der Waals surface area contributed by atoms with E-state index in [-0.39, 0.29) is 12.6 Å². The largest absolute Gasteiger partial charge is 0.477 e. The van der Waals surface area contributed by atoms with Gasteiger partial charge in [-0.25, -0.2) is 4.98 Å². The summed E-state index contributed by atoms with van der Waals surface area (Å²) >= 11 is 5.92. The van der Waals surface area contributed by atoms with E-state index in [1.165, 1.54) is 4.90 Å². The Hall–Kier alpha value is -2.02. The first-order valence-electron chi connectivity index (χ1n) is 6.89. The van der Waals surface area contributed by atoms with Crippen molar-refractivity contribution in [2.45, 2.75) is 19.5 Å². The molecule has 8 heteroatoms. The summed E-state index contributed by atoms with van der Waals surface area (Å²) in [6.07, 6.45) is -3.27. The molecule has 2 aromatic rings. The zero-order valence-electron chi connectivity index (χ0n) is 12.6. The van der Waals surface area contributed by atoms with Gasteiger partial charge in [0.1, 0.15) is 5.56 Å². The van der Waals surface area contributed by atoms with Crippen LogP contribution in [0.4, 0.5) is 24.8 Å². The monoisotopic (exact) mass is 345 g/mol. The van der Waals surface area contributed by atoms with E-state index < -0.39 is 17.6 Å². The van der Waals surface area contributed by atoms with Gasteiger partial charge < -0.3 is 9.64 Å². The topological polar surface area (TPSA) is 38.2 Å². The van der Waals surface area contributed by atoms with Gasteiger partial charge in [-0.15, -0.1) is 0 Å². The second-order valence-electron chi connectivity index (χ2n) is 4.77. The van der Waals surface area contributed by atoms with Gasteiger partial charge in [0.25, 0.3) is 0 Å². The van der Waals surface area contributed by atoms with E-state index in [0.29, 0.717) is 17.1 Å². The van der Waals surface area contributed by atoms with Crippen LogP contribution in [-0.4, -0.2) is 23.6 Å². The van der Waals surface area contributed by atoms with Gasteiger partial charge >= 0.3 is 6.18 Å². The van der Waals surface area contributed by atoms with Gasteiger partial charge in [0.05, 0.1) is 6.61 Å². The molecule has 0 fully saturated rings. The van der Waals surface area contributed by atoms with E-state index in [2.05, 4.69) is 9.97 Å². The molecule has 0 radical (unpaired) electrons. The molecule has 23 heavy (non-hydrogen) atoms. The van der Waals surface area contributed by atoms with Gasteiger partial charge in [-0.1, -0.05) is 24.6 Å². The summed E-state index contributed by atoms with van der Waals surface area (Å²) in [5.41, 5.74) is -0.340. The summed E-state index contributed by atoms with van der Waals surface area (Å²) in [4.78, 5) is 9.24. The van der Waals surface area contributed by atoms with Crippen molar-refractivity contribution in [2.75, 3.05) is 18.6 Å². The molecule has 0 aliphatic heterocycles. The summed E-state index contributed by atoms with van der Waals surface area (Å²) in [6.45, 7) is 1.94.